The van der Waals surface area contributed by atoms with Crippen LogP contribution in [0, 0.1) is 0 Å². The van der Waals surface area contributed by atoms with Crippen molar-refractivity contribution >= 4 is 20.0 Å². The lowest BCUT2D eigenvalue weighted by Gasteiger charge is -2.22. The van der Waals surface area contributed by atoms with Crippen LogP contribution in [-0.4, -0.2) is 40.3 Å². The lowest BCUT2D eigenvalue weighted by Crippen LogP contribution is -2.36. The van der Waals surface area contributed by atoms with Crippen molar-refractivity contribution in [2.45, 2.75) is 60.8 Å². The van der Waals surface area contributed by atoms with Gasteiger partial charge in [-0.15, -0.1) is 0 Å². The molecule has 134 valence electrons. The van der Waals surface area contributed by atoms with Gasteiger partial charge in [-0.2, -0.15) is 4.31 Å². The van der Waals surface area contributed by atoms with E-state index in [0.29, 0.717) is 13.1 Å². The molecule has 0 spiro atoms. The zero-order valence-electron chi connectivity index (χ0n) is 13.6. The fourth-order valence-corrected chi connectivity index (χ4v) is 6.20. The molecule has 24 heavy (non-hydrogen) atoms. The second-order valence-corrected chi connectivity index (χ2v) is 10.2. The first kappa shape index (κ1) is 17.8. The average molecular weight is 373 g/mol. The van der Waals surface area contributed by atoms with Crippen LogP contribution in [0.1, 0.15) is 44.9 Å². The Hall–Kier alpha value is -0.960. The van der Waals surface area contributed by atoms with E-state index in [1.807, 2.05) is 0 Å². The Morgan fingerprint density at radius 1 is 0.792 bits per heavy atom. The van der Waals surface area contributed by atoms with Crippen LogP contribution in [0.3, 0.4) is 0 Å². The first-order valence-corrected chi connectivity index (χ1v) is 11.4. The molecule has 1 saturated heterocycles. The highest BCUT2D eigenvalue weighted by atomic mass is 32.2. The van der Waals surface area contributed by atoms with Crippen LogP contribution in [0.25, 0.3) is 0 Å². The predicted molar refractivity (Wildman–Crippen MR) is 91.6 cm³/mol. The standard InChI is InChI=1S/C16H24N2O4S2/c19-23(20,17-14-6-2-1-3-7-14)15-8-10-16(11-9-15)24(21,22)18-12-4-5-13-18/h8-11,14,17H,1-7,12-13H2. The number of benzene rings is 1. The zero-order chi connectivity index (χ0) is 17.2. The van der Waals surface area contributed by atoms with Crippen LogP contribution in [0.15, 0.2) is 34.1 Å². The molecule has 0 atom stereocenters. The van der Waals surface area contributed by atoms with Gasteiger partial charge < -0.3 is 0 Å². The molecule has 1 aliphatic heterocycles. The Balaban J connectivity index is 1.75. The van der Waals surface area contributed by atoms with Crippen LogP contribution < -0.4 is 4.72 Å². The van der Waals surface area contributed by atoms with Gasteiger partial charge >= 0.3 is 0 Å². The molecule has 1 aromatic carbocycles. The van der Waals surface area contributed by atoms with E-state index in [-0.39, 0.29) is 15.8 Å². The van der Waals surface area contributed by atoms with Crippen LogP contribution in [0.4, 0.5) is 0 Å². The second kappa shape index (κ2) is 7.11. The van der Waals surface area contributed by atoms with E-state index in [0.717, 1.165) is 44.9 Å². The quantitative estimate of drug-likeness (QED) is 0.858. The molecular formula is C16H24N2O4S2. The molecule has 1 N–H and O–H groups in total. The molecule has 0 amide bonds. The molecule has 1 aromatic rings. The maximum absolute atomic E-state index is 12.5. The van der Waals surface area contributed by atoms with Crippen molar-refractivity contribution in [3.05, 3.63) is 24.3 Å². The summed E-state index contributed by atoms with van der Waals surface area (Å²) in [4.78, 5) is 0.273. The summed E-state index contributed by atoms with van der Waals surface area (Å²) >= 11 is 0. The third-order valence-corrected chi connectivity index (χ3v) is 8.21. The highest BCUT2D eigenvalue weighted by molar-refractivity contribution is 7.89. The van der Waals surface area contributed by atoms with E-state index in [1.54, 1.807) is 0 Å². The summed E-state index contributed by atoms with van der Waals surface area (Å²) in [5.74, 6) is 0. The molecule has 1 heterocycles. The minimum absolute atomic E-state index is 0.0169. The van der Waals surface area contributed by atoms with Gasteiger partial charge in [0.05, 0.1) is 9.79 Å². The Kier molecular flexibility index (Phi) is 5.29. The number of rotatable bonds is 5. The SMILES string of the molecule is O=S(=O)(NC1CCCCC1)c1ccc(S(=O)(=O)N2CCCC2)cc1. The van der Waals surface area contributed by atoms with Gasteiger partial charge in [0.25, 0.3) is 0 Å². The monoisotopic (exact) mass is 372 g/mol. The minimum Gasteiger partial charge on any atom is -0.208 e. The van der Waals surface area contributed by atoms with Crippen molar-refractivity contribution in [1.82, 2.24) is 9.03 Å². The molecule has 0 bridgehead atoms. The number of hydrogen-bond acceptors (Lipinski definition) is 4. The van der Waals surface area contributed by atoms with Gasteiger partial charge in [-0.25, -0.2) is 21.6 Å². The molecule has 0 radical (unpaired) electrons. The van der Waals surface area contributed by atoms with E-state index in [9.17, 15) is 16.8 Å². The maximum atomic E-state index is 12.5. The zero-order valence-corrected chi connectivity index (χ0v) is 15.3. The molecule has 2 fully saturated rings. The van der Waals surface area contributed by atoms with Crippen molar-refractivity contribution in [3.63, 3.8) is 0 Å². The molecule has 3 rings (SSSR count). The Morgan fingerprint density at radius 3 is 1.92 bits per heavy atom. The van der Waals surface area contributed by atoms with Crippen molar-refractivity contribution < 1.29 is 16.8 Å². The molecule has 0 unspecified atom stereocenters. The normalized spacial score (nSPS) is 21.2. The second-order valence-electron chi connectivity index (χ2n) is 6.54. The van der Waals surface area contributed by atoms with Crippen molar-refractivity contribution in [3.8, 4) is 0 Å². The van der Waals surface area contributed by atoms with Gasteiger partial charge in [0.1, 0.15) is 0 Å². The predicted octanol–water partition coefficient (Wildman–Crippen LogP) is 2.08. The summed E-state index contributed by atoms with van der Waals surface area (Å²) in [7, 11) is -7.11. The summed E-state index contributed by atoms with van der Waals surface area (Å²) < 4.78 is 54.0. The lowest BCUT2D eigenvalue weighted by atomic mass is 9.96. The summed E-state index contributed by atoms with van der Waals surface area (Å²) in [5, 5.41) is 0. The lowest BCUT2D eigenvalue weighted by molar-refractivity contribution is 0.412. The molecule has 1 aliphatic carbocycles. The Morgan fingerprint density at radius 2 is 1.33 bits per heavy atom. The van der Waals surface area contributed by atoms with Gasteiger partial charge in [0.2, 0.25) is 20.0 Å². The van der Waals surface area contributed by atoms with E-state index in [2.05, 4.69) is 4.72 Å². The van der Waals surface area contributed by atoms with Crippen LogP contribution in [0.5, 0.6) is 0 Å². The minimum atomic E-state index is -3.60. The molecule has 2 aliphatic rings. The highest BCUT2D eigenvalue weighted by Gasteiger charge is 2.28. The molecular weight excluding hydrogens is 348 g/mol. The molecule has 8 heteroatoms. The van der Waals surface area contributed by atoms with E-state index in [1.165, 1.54) is 28.6 Å². The fourth-order valence-electron chi connectivity index (χ4n) is 3.38. The van der Waals surface area contributed by atoms with Gasteiger partial charge in [0.15, 0.2) is 0 Å². The number of sulfonamides is 2. The van der Waals surface area contributed by atoms with Crippen molar-refractivity contribution in [2.24, 2.45) is 0 Å². The fraction of sp³-hybridized carbons (Fsp3) is 0.625. The van der Waals surface area contributed by atoms with Gasteiger partial charge in [0, 0.05) is 19.1 Å². The van der Waals surface area contributed by atoms with Crippen LogP contribution in [0.2, 0.25) is 0 Å². The van der Waals surface area contributed by atoms with Gasteiger partial charge in [-0.1, -0.05) is 19.3 Å². The van der Waals surface area contributed by atoms with Gasteiger partial charge in [-0.3, -0.25) is 0 Å². The highest BCUT2D eigenvalue weighted by Crippen LogP contribution is 2.23. The number of hydrogen-bond donors (Lipinski definition) is 1. The number of nitrogens with zero attached hydrogens (tertiary/aromatic N) is 1. The third kappa shape index (κ3) is 3.82. The Bertz CT molecular complexity index is 761. The third-order valence-electron chi connectivity index (χ3n) is 4.76. The van der Waals surface area contributed by atoms with Crippen molar-refractivity contribution in [2.75, 3.05) is 13.1 Å². The van der Waals surface area contributed by atoms with E-state index < -0.39 is 20.0 Å². The van der Waals surface area contributed by atoms with Gasteiger partial charge in [-0.05, 0) is 49.9 Å². The molecule has 6 nitrogen and oxygen atoms in total. The topological polar surface area (TPSA) is 83.5 Å². The summed E-state index contributed by atoms with van der Waals surface area (Å²) in [6.07, 6.45) is 6.71. The summed E-state index contributed by atoms with van der Waals surface area (Å²) in [6.45, 7) is 1.07. The number of nitrogens with one attached hydrogen (secondary N) is 1. The molecule has 1 saturated carbocycles. The first-order valence-electron chi connectivity index (χ1n) is 8.52. The van der Waals surface area contributed by atoms with E-state index >= 15 is 0 Å². The maximum Gasteiger partial charge on any atom is 0.243 e. The summed E-state index contributed by atoms with van der Waals surface area (Å²) in [5.41, 5.74) is 0. The first-order chi connectivity index (χ1) is 11.4. The van der Waals surface area contributed by atoms with Crippen molar-refractivity contribution in [1.29, 1.82) is 0 Å². The van der Waals surface area contributed by atoms with E-state index in [4.69, 9.17) is 0 Å². The van der Waals surface area contributed by atoms with Crippen LogP contribution in [-0.2, 0) is 20.0 Å². The summed E-state index contributed by atoms with van der Waals surface area (Å²) in [6, 6.07) is 5.53. The molecule has 0 aromatic heterocycles. The van der Waals surface area contributed by atoms with Crippen LogP contribution >= 0.6 is 0 Å². The smallest absolute Gasteiger partial charge is 0.208 e. The Labute approximate surface area is 144 Å². The average Bonchev–Trinajstić information content (AvgIpc) is 3.11. The largest absolute Gasteiger partial charge is 0.243 e.